The van der Waals surface area contributed by atoms with Crippen molar-refractivity contribution in [2.45, 2.75) is 17.7 Å². The second kappa shape index (κ2) is 7.80. The van der Waals surface area contributed by atoms with E-state index in [4.69, 9.17) is 10.5 Å². The molecular formula is C17H18N6OS. The highest BCUT2D eigenvalue weighted by Crippen LogP contribution is 2.26. The van der Waals surface area contributed by atoms with E-state index >= 15 is 0 Å². The minimum atomic E-state index is 0.167. The van der Waals surface area contributed by atoms with Crippen LogP contribution in [0.5, 0.6) is 5.75 Å². The van der Waals surface area contributed by atoms with Crippen molar-refractivity contribution in [1.82, 2.24) is 19.9 Å². The van der Waals surface area contributed by atoms with Gasteiger partial charge in [-0.25, -0.2) is 4.98 Å². The van der Waals surface area contributed by atoms with Gasteiger partial charge >= 0.3 is 0 Å². The van der Waals surface area contributed by atoms with Crippen molar-refractivity contribution in [3.63, 3.8) is 0 Å². The normalized spacial score (nSPS) is 10.5. The maximum absolute atomic E-state index is 5.81. The molecule has 3 rings (SSSR count). The summed E-state index contributed by atoms with van der Waals surface area (Å²) in [5, 5.41) is 4.02. The molecule has 0 saturated carbocycles. The molecule has 0 bridgehead atoms. The number of para-hydroxylation sites is 2. The van der Waals surface area contributed by atoms with Crippen LogP contribution in [0.15, 0.2) is 47.6 Å². The van der Waals surface area contributed by atoms with Gasteiger partial charge in [-0.1, -0.05) is 30.0 Å². The average molecular weight is 354 g/mol. The molecule has 3 N–H and O–H groups in total. The average Bonchev–Trinajstić information content (AvgIpc) is 2.61. The number of anilines is 3. The van der Waals surface area contributed by atoms with E-state index in [9.17, 15) is 0 Å². The molecular weight excluding hydrogens is 336 g/mol. The molecule has 0 atom stereocenters. The Morgan fingerprint density at radius 1 is 1.12 bits per heavy atom. The minimum absolute atomic E-state index is 0.167. The van der Waals surface area contributed by atoms with E-state index in [1.54, 1.807) is 18.9 Å². The third kappa shape index (κ3) is 4.57. The molecule has 128 valence electrons. The van der Waals surface area contributed by atoms with Crippen LogP contribution in [-0.2, 0) is 5.75 Å². The second-order valence-electron chi connectivity index (χ2n) is 5.22. The summed E-state index contributed by atoms with van der Waals surface area (Å²) in [5.74, 6) is 2.37. The minimum Gasteiger partial charge on any atom is -0.495 e. The Hall–Kier alpha value is -2.87. The van der Waals surface area contributed by atoms with Crippen LogP contribution in [0.25, 0.3) is 0 Å². The van der Waals surface area contributed by atoms with Crippen molar-refractivity contribution in [2.75, 3.05) is 18.2 Å². The number of thioether (sulfide) groups is 1. The van der Waals surface area contributed by atoms with Crippen LogP contribution in [0, 0.1) is 6.92 Å². The lowest BCUT2D eigenvalue weighted by molar-refractivity contribution is 0.417. The van der Waals surface area contributed by atoms with Gasteiger partial charge in [0, 0.05) is 6.20 Å². The van der Waals surface area contributed by atoms with Crippen molar-refractivity contribution in [3.8, 4) is 5.75 Å². The Labute approximate surface area is 150 Å². The number of methoxy groups -OCH3 is 1. The van der Waals surface area contributed by atoms with Crippen molar-refractivity contribution in [1.29, 1.82) is 0 Å². The molecule has 0 unspecified atom stereocenters. The molecule has 1 aromatic carbocycles. The predicted octanol–water partition coefficient (Wildman–Crippen LogP) is 3.20. The van der Waals surface area contributed by atoms with E-state index in [0.717, 1.165) is 16.3 Å². The highest BCUT2D eigenvalue weighted by molar-refractivity contribution is 7.98. The van der Waals surface area contributed by atoms with Crippen molar-refractivity contribution in [2.24, 2.45) is 0 Å². The van der Waals surface area contributed by atoms with Crippen molar-refractivity contribution in [3.05, 3.63) is 54.0 Å². The Morgan fingerprint density at radius 3 is 2.72 bits per heavy atom. The summed E-state index contributed by atoms with van der Waals surface area (Å²) in [6.07, 6.45) is 1.83. The number of hydrogen-bond donors (Lipinski definition) is 2. The third-order valence-corrected chi connectivity index (χ3v) is 4.23. The van der Waals surface area contributed by atoms with E-state index in [2.05, 4.69) is 25.3 Å². The topological polar surface area (TPSA) is 98.8 Å². The molecule has 2 aromatic heterocycles. The lowest BCUT2D eigenvalue weighted by Crippen LogP contribution is -2.07. The molecule has 0 aliphatic rings. The quantitative estimate of drug-likeness (QED) is 0.651. The molecule has 2 heterocycles. The first kappa shape index (κ1) is 17.0. The molecule has 0 spiro atoms. The number of hydrogen-bond acceptors (Lipinski definition) is 8. The number of nitrogens with zero attached hydrogens (tertiary/aromatic N) is 4. The smallest absolute Gasteiger partial charge is 0.232 e. The Bertz CT molecular complexity index is 856. The van der Waals surface area contributed by atoms with Crippen LogP contribution in [0.4, 0.5) is 17.6 Å². The first-order chi connectivity index (χ1) is 12.1. The van der Waals surface area contributed by atoms with Gasteiger partial charge in [-0.3, -0.25) is 0 Å². The number of nitrogens with one attached hydrogen (secondary N) is 1. The van der Waals surface area contributed by atoms with Gasteiger partial charge in [0.15, 0.2) is 0 Å². The van der Waals surface area contributed by atoms with Gasteiger partial charge in [-0.2, -0.15) is 15.0 Å². The number of rotatable bonds is 6. The molecule has 8 heteroatoms. The zero-order valence-corrected chi connectivity index (χ0v) is 14.7. The maximum Gasteiger partial charge on any atom is 0.232 e. The zero-order valence-electron chi connectivity index (χ0n) is 13.9. The zero-order chi connectivity index (χ0) is 17.6. The SMILES string of the molecule is COc1ccccc1Nc1nc(N)nc(CSc2ccc(C)cn2)n1. The van der Waals surface area contributed by atoms with Crippen LogP contribution in [-0.4, -0.2) is 27.0 Å². The molecule has 0 fully saturated rings. The van der Waals surface area contributed by atoms with Gasteiger partial charge in [0.1, 0.15) is 11.6 Å². The van der Waals surface area contributed by atoms with E-state index < -0.39 is 0 Å². The summed E-state index contributed by atoms with van der Waals surface area (Å²) < 4.78 is 5.32. The van der Waals surface area contributed by atoms with Crippen molar-refractivity contribution >= 4 is 29.3 Å². The molecule has 0 aliphatic carbocycles. The molecule has 3 aromatic rings. The van der Waals surface area contributed by atoms with E-state index in [1.165, 1.54) is 0 Å². The fourth-order valence-corrected chi connectivity index (χ4v) is 2.80. The lowest BCUT2D eigenvalue weighted by atomic mass is 10.3. The second-order valence-corrected chi connectivity index (χ2v) is 6.22. The first-order valence-corrected chi connectivity index (χ1v) is 8.58. The van der Waals surface area contributed by atoms with Crippen LogP contribution in [0.2, 0.25) is 0 Å². The Morgan fingerprint density at radius 2 is 1.96 bits per heavy atom. The molecule has 0 saturated heterocycles. The molecule has 0 amide bonds. The Balaban J connectivity index is 1.75. The van der Waals surface area contributed by atoms with Crippen LogP contribution in [0.3, 0.4) is 0 Å². The van der Waals surface area contributed by atoms with E-state index in [0.29, 0.717) is 23.3 Å². The van der Waals surface area contributed by atoms with Crippen molar-refractivity contribution < 1.29 is 4.74 Å². The summed E-state index contributed by atoms with van der Waals surface area (Å²) in [4.78, 5) is 17.1. The number of nitrogens with two attached hydrogens (primary N) is 1. The van der Waals surface area contributed by atoms with E-state index in [1.807, 2.05) is 49.5 Å². The van der Waals surface area contributed by atoms with Crippen LogP contribution in [0.1, 0.15) is 11.4 Å². The number of pyridine rings is 1. The third-order valence-electron chi connectivity index (χ3n) is 3.29. The van der Waals surface area contributed by atoms with E-state index in [-0.39, 0.29) is 5.95 Å². The van der Waals surface area contributed by atoms with Gasteiger partial charge in [0.25, 0.3) is 0 Å². The van der Waals surface area contributed by atoms with Gasteiger partial charge in [0.05, 0.1) is 23.6 Å². The predicted molar refractivity (Wildman–Crippen MR) is 99.1 cm³/mol. The summed E-state index contributed by atoms with van der Waals surface area (Å²) in [7, 11) is 1.61. The highest BCUT2D eigenvalue weighted by atomic mass is 32.2. The summed E-state index contributed by atoms with van der Waals surface area (Å²) in [6, 6.07) is 11.5. The van der Waals surface area contributed by atoms with Crippen LogP contribution < -0.4 is 15.8 Å². The number of nitrogen functional groups attached to an aromatic ring is 1. The molecule has 25 heavy (non-hydrogen) atoms. The highest BCUT2D eigenvalue weighted by Gasteiger charge is 2.08. The molecule has 7 nitrogen and oxygen atoms in total. The summed E-state index contributed by atoms with van der Waals surface area (Å²) in [5.41, 5.74) is 7.70. The summed E-state index contributed by atoms with van der Waals surface area (Å²) >= 11 is 1.54. The number of aromatic nitrogens is 4. The largest absolute Gasteiger partial charge is 0.495 e. The maximum atomic E-state index is 5.81. The number of ether oxygens (including phenoxy) is 1. The Kier molecular flexibility index (Phi) is 5.30. The number of aryl methyl sites for hydroxylation is 1. The fraction of sp³-hybridized carbons (Fsp3) is 0.176. The molecule has 0 radical (unpaired) electrons. The van der Waals surface area contributed by atoms with Gasteiger partial charge in [-0.15, -0.1) is 0 Å². The molecule has 0 aliphatic heterocycles. The van der Waals surface area contributed by atoms with Gasteiger partial charge < -0.3 is 15.8 Å². The van der Waals surface area contributed by atoms with Gasteiger partial charge in [0.2, 0.25) is 11.9 Å². The summed E-state index contributed by atoms with van der Waals surface area (Å²) in [6.45, 7) is 2.00. The fourth-order valence-electron chi connectivity index (χ4n) is 2.10. The lowest BCUT2D eigenvalue weighted by Gasteiger charge is -2.10. The van der Waals surface area contributed by atoms with Crippen LogP contribution >= 0.6 is 11.8 Å². The monoisotopic (exact) mass is 354 g/mol. The van der Waals surface area contributed by atoms with Gasteiger partial charge in [-0.05, 0) is 30.7 Å². The number of benzene rings is 1. The first-order valence-electron chi connectivity index (χ1n) is 7.60. The standard InChI is InChI=1S/C17H18N6OS/c1-11-7-8-15(19-9-11)25-10-14-21-16(18)23-17(22-14)20-12-5-3-4-6-13(12)24-2/h3-9H,10H2,1-2H3,(H3,18,20,21,22,23).